The lowest BCUT2D eigenvalue weighted by Gasteiger charge is -2.14. The lowest BCUT2D eigenvalue weighted by atomic mass is 10.1. The van der Waals surface area contributed by atoms with Crippen LogP contribution in [-0.2, 0) is 11.3 Å². The molecule has 0 saturated carbocycles. The highest BCUT2D eigenvalue weighted by atomic mass is 79.9. The van der Waals surface area contributed by atoms with Gasteiger partial charge in [-0.2, -0.15) is 0 Å². The quantitative estimate of drug-likeness (QED) is 0.463. The Morgan fingerprint density at radius 2 is 1.93 bits per heavy atom. The molecule has 1 heterocycles. The number of imide groups is 1. The van der Waals surface area contributed by atoms with E-state index in [1.54, 1.807) is 24.3 Å². The van der Waals surface area contributed by atoms with E-state index in [9.17, 15) is 9.59 Å². The summed E-state index contributed by atoms with van der Waals surface area (Å²) in [5.74, 6) is 0.223. The van der Waals surface area contributed by atoms with E-state index < -0.39 is 6.03 Å². The van der Waals surface area contributed by atoms with Crippen molar-refractivity contribution in [1.82, 2.24) is 10.2 Å². The third-order valence-corrected chi connectivity index (χ3v) is 5.21. The smallest absolute Gasteiger partial charge is 0.329 e. The zero-order valence-corrected chi connectivity index (χ0v) is 17.9. The van der Waals surface area contributed by atoms with E-state index in [1.807, 2.05) is 38.1 Å². The summed E-state index contributed by atoms with van der Waals surface area (Å²) >= 11 is 9.66. The summed E-state index contributed by atoms with van der Waals surface area (Å²) in [6.45, 7) is 4.21. The molecule has 5 nitrogen and oxygen atoms in total. The number of amides is 3. The van der Waals surface area contributed by atoms with Crippen LogP contribution in [0.2, 0.25) is 5.02 Å². The summed E-state index contributed by atoms with van der Waals surface area (Å²) in [7, 11) is 0. The van der Waals surface area contributed by atoms with Gasteiger partial charge in [-0.05, 0) is 54.8 Å². The van der Waals surface area contributed by atoms with Gasteiger partial charge in [0.15, 0.2) is 0 Å². The Bertz CT molecular complexity index is 928. The number of halogens is 2. The van der Waals surface area contributed by atoms with Crippen LogP contribution in [0.1, 0.15) is 31.4 Å². The van der Waals surface area contributed by atoms with Crippen molar-refractivity contribution in [2.75, 3.05) is 0 Å². The van der Waals surface area contributed by atoms with Crippen molar-refractivity contribution in [3.63, 3.8) is 0 Å². The standard InChI is InChI=1S/C21H20BrClN2O3/c1-3-13(2)28-19-9-6-15(10-17(19)23)11-18-20(26)25(21(27)24-18)12-14-4-7-16(22)8-5-14/h4-11,13H,3,12H2,1-2H3,(H,24,27)/b18-11+/t13-/m0/s1. The van der Waals surface area contributed by atoms with Crippen LogP contribution in [0.4, 0.5) is 4.79 Å². The summed E-state index contributed by atoms with van der Waals surface area (Å²) in [5.41, 5.74) is 1.78. The molecule has 1 atom stereocenters. The average molecular weight is 464 g/mol. The molecule has 0 bridgehead atoms. The van der Waals surface area contributed by atoms with Crippen molar-refractivity contribution in [1.29, 1.82) is 0 Å². The first-order chi connectivity index (χ1) is 13.4. The van der Waals surface area contributed by atoms with Crippen molar-refractivity contribution < 1.29 is 14.3 Å². The predicted octanol–water partition coefficient (Wildman–Crippen LogP) is 5.37. The summed E-state index contributed by atoms with van der Waals surface area (Å²) in [6, 6.07) is 12.3. The van der Waals surface area contributed by atoms with Gasteiger partial charge < -0.3 is 10.1 Å². The monoisotopic (exact) mass is 462 g/mol. The third-order valence-electron chi connectivity index (χ3n) is 4.39. The molecule has 1 aliphatic heterocycles. The van der Waals surface area contributed by atoms with Crippen LogP contribution in [0, 0.1) is 0 Å². The molecule has 2 aromatic carbocycles. The number of nitrogens with zero attached hydrogens (tertiary/aromatic N) is 1. The fraction of sp³-hybridized carbons (Fsp3) is 0.238. The normalized spacial score (nSPS) is 16.4. The number of hydrogen-bond donors (Lipinski definition) is 1. The summed E-state index contributed by atoms with van der Waals surface area (Å²) in [5, 5.41) is 3.08. The summed E-state index contributed by atoms with van der Waals surface area (Å²) in [6.07, 6.45) is 2.54. The SMILES string of the molecule is CC[C@H](C)Oc1ccc(/C=C2/NC(=O)N(Cc3ccc(Br)cc3)C2=O)cc1Cl. The van der Waals surface area contributed by atoms with Crippen molar-refractivity contribution >= 4 is 45.5 Å². The minimum absolute atomic E-state index is 0.0598. The second-order valence-electron chi connectivity index (χ2n) is 6.53. The van der Waals surface area contributed by atoms with Gasteiger partial charge in [0.05, 0.1) is 17.7 Å². The van der Waals surface area contributed by atoms with Gasteiger partial charge in [-0.25, -0.2) is 4.79 Å². The maximum absolute atomic E-state index is 12.6. The zero-order valence-electron chi connectivity index (χ0n) is 15.5. The third kappa shape index (κ3) is 4.75. The van der Waals surface area contributed by atoms with Crippen LogP contribution in [0.25, 0.3) is 6.08 Å². The molecule has 0 radical (unpaired) electrons. The highest BCUT2D eigenvalue weighted by Gasteiger charge is 2.33. The number of hydrogen-bond acceptors (Lipinski definition) is 3. The number of benzene rings is 2. The van der Waals surface area contributed by atoms with Gasteiger partial charge in [-0.1, -0.05) is 52.7 Å². The van der Waals surface area contributed by atoms with Crippen LogP contribution >= 0.6 is 27.5 Å². The lowest BCUT2D eigenvalue weighted by Crippen LogP contribution is -2.30. The van der Waals surface area contributed by atoms with Gasteiger partial charge in [-0.3, -0.25) is 9.69 Å². The topological polar surface area (TPSA) is 58.6 Å². The fourth-order valence-electron chi connectivity index (χ4n) is 2.66. The molecule has 3 rings (SSSR count). The van der Waals surface area contributed by atoms with Gasteiger partial charge in [0, 0.05) is 4.47 Å². The van der Waals surface area contributed by atoms with E-state index in [0.717, 1.165) is 16.5 Å². The molecule has 3 amide bonds. The first-order valence-electron chi connectivity index (χ1n) is 8.92. The van der Waals surface area contributed by atoms with Crippen LogP contribution in [0.5, 0.6) is 5.75 Å². The van der Waals surface area contributed by atoms with E-state index in [1.165, 1.54) is 4.90 Å². The number of carbonyl (C=O) groups is 2. The highest BCUT2D eigenvalue weighted by Crippen LogP contribution is 2.28. The molecular weight excluding hydrogens is 444 g/mol. The molecule has 0 aliphatic carbocycles. The molecule has 1 N–H and O–H groups in total. The Kier molecular flexibility index (Phi) is 6.42. The Balaban J connectivity index is 1.76. The Morgan fingerprint density at radius 3 is 2.57 bits per heavy atom. The van der Waals surface area contributed by atoms with Crippen molar-refractivity contribution in [3.8, 4) is 5.75 Å². The van der Waals surface area contributed by atoms with Gasteiger partial charge in [-0.15, -0.1) is 0 Å². The molecular formula is C21H20BrClN2O3. The molecule has 1 saturated heterocycles. The van der Waals surface area contributed by atoms with Crippen LogP contribution in [0.3, 0.4) is 0 Å². The van der Waals surface area contributed by atoms with Crippen LogP contribution in [0.15, 0.2) is 52.6 Å². The van der Waals surface area contributed by atoms with Gasteiger partial charge in [0.2, 0.25) is 0 Å². The first kappa shape index (κ1) is 20.4. The first-order valence-corrected chi connectivity index (χ1v) is 10.1. The predicted molar refractivity (Wildman–Crippen MR) is 113 cm³/mol. The Hall–Kier alpha value is -2.31. The molecule has 7 heteroatoms. The number of carbonyl (C=O) groups excluding carboxylic acids is 2. The van der Waals surface area contributed by atoms with Crippen LogP contribution in [-0.4, -0.2) is 22.9 Å². The van der Waals surface area contributed by atoms with E-state index >= 15 is 0 Å². The van der Waals surface area contributed by atoms with Crippen molar-refractivity contribution in [2.24, 2.45) is 0 Å². The minimum Gasteiger partial charge on any atom is -0.489 e. The number of urea groups is 1. The number of nitrogens with one attached hydrogen (secondary N) is 1. The maximum atomic E-state index is 12.6. The van der Waals surface area contributed by atoms with E-state index in [-0.39, 0.29) is 24.3 Å². The molecule has 1 aliphatic rings. The van der Waals surface area contributed by atoms with Crippen LogP contribution < -0.4 is 10.1 Å². The molecule has 0 aromatic heterocycles. The Morgan fingerprint density at radius 1 is 1.21 bits per heavy atom. The summed E-state index contributed by atoms with van der Waals surface area (Å²) < 4.78 is 6.69. The molecule has 0 spiro atoms. The second kappa shape index (κ2) is 8.80. The van der Waals surface area contributed by atoms with Crippen molar-refractivity contribution in [3.05, 3.63) is 68.8 Å². The fourth-order valence-corrected chi connectivity index (χ4v) is 3.15. The minimum atomic E-state index is -0.443. The zero-order chi connectivity index (χ0) is 20.3. The molecule has 0 unspecified atom stereocenters. The molecule has 1 fully saturated rings. The molecule has 146 valence electrons. The Labute approximate surface area is 177 Å². The lowest BCUT2D eigenvalue weighted by molar-refractivity contribution is -0.123. The highest BCUT2D eigenvalue weighted by molar-refractivity contribution is 9.10. The molecule has 2 aromatic rings. The van der Waals surface area contributed by atoms with E-state index in [2.05, 4.69) is 21.2 Å². The van der Waals surface area contributed by atoms with E-state index in [0.29, 0.717) is 16.3 Å². The second-order valence-corrected chi connectivity index (χ2v) is 7.86. The van der Waals surface area contributed by atoms with Crippen molar-refractivity contribution in [2.45, 2.75) is 32.9 Å². The number of rotatable bonds is 6. The largest absolute Gasteiger partial charge is 0.489 e. The summed E-state index contributed by atoms with van der Waals surface area (Å²) in [4.78, 5) is 26.0. The number of ether oxygens (including phenoxy) is 1. The van der Waals surface area contributed by atoms with Gasteiger partial charge in [0.1, 0.15) is 11.4 Å². The van der Waals surface area contributed by atoms with Gasteiger partial charge >= 0.3 is 6.03 Å². The van der Waals surface area contributed by atoms with Gasteiger partial charge in [0.25, 0.3) is 5.91 Å². The molecule has 28 heavy (non-hydrogen) atoms. The average Bonchev–Trinajstić information content (AvgIpc) is 2.93. The maximum Gasteiger partial charge on any atom is 0.329 e. The van der Waals surface area contributed by atoms with E-state index in [4.69, 9.17) is 16.3 Å².